The van der Waals surface area contributed by atoms with E-state index in [9.17, 15) is 22.4 Å². The van der Waals surface area contributed by atoms with Crippen LogP contribution in [0.1, 0.15) is 32.8 Å². The van der Waals surface area contributed by atoms with Gasteiger partial charge < -0.3 is 10.1 Å². The predicted molar refractivity (Wildman–Crippen MR) is 123 cm³/mol. The number of ether oxygens (including phenoxy) is 1. The van der Waals surface area contributed by atoms with Gasteiger partial charge in [-0.2, -0.15) is 5.10 Å². The number of benzene rings is 3. The van der Waals surface area contributed by atoms with Gasteiger partial charge in [-0.3, -0.25) is 4.79 Å². The first kappa shape index (κ1) is 24.3. The molecule has 0 bridgehead atoms. The number of nitrogens with zero attached hydrogens (tertiary/aromatic N) is 2. The first-order valence-corrected chi connectivity index (χ1v) is 10.9. The molecule has 0 radical (unpaired) electrons. The Hall–Kier alpha value is -3.88. The average Bonchev–Trinajstić information content (AvgIpc) is 3.23. The molecule has 182 valence electrons. The molecule has 1 aromatic heterocycles. The van der Waals surface area contributed by atoms with Crippen LogP contribution in [0.4, 0.5) is 17.6 Å². The van der Waals surface area contributed by atoms with Crippen LogP contribution >= 0.6 is 0 Å². The first-order valence-electron chi connectivity index (χ1n) is 10.9. The largest absolute Gasteiger partial charge is 0.464 e. The Morgan fingerprint density at radius 3 is 2.34 bits per heavy atom. The molecule has 4 aromatic rings. The van der Waals surface area contributed by atoms with Crippen LogP contribution in [0.2, 0.25) is 0 Å². The van der Waals surface area contributed by atoms with Crippen LogP contribution in [0.5, 0.6) is 5.75 Å². The van der Waals surface area contributed by atoms with Crippen molar-refractivity contribution in [1.29, 1.82) is 0 Å². The van der Waals surface area contributed by atoms with Crippen molar-refractivity contribution in [3.05, 3.63) is 89.9 Å². The lowest BCUT2D eigenvalue weighted by atomic mass is 9.97. The maximum absolute atomic E-state index is 14.4. The molecule has 0 aliphatic carbocycles. The number of fused-ring (bicyclic) bond motifs is 1. The van der Waals surface area contributed by atoms with Crippen molar-refractivity contribution in [3.8, 4) is 11.4 Å². The van der Waals surface area contributed by atoms with Crippen molar-refractivity contribution in [2.24, 2.45) is 0 Å². The minimum atomic E-state index is -2.25. The van der Waals surface area contributed by atoms with Crippen LogP contribution < -0.4 is 10.1 Å². The van der Waals surface area contributed by atoms with Crippen molar-refractivity contribution in [3.63, 3.8) is 0 Å². The minimum absolute atomic E-state index is 0.0762. The van der Waals surface area contributed by atoms with Crippen molar-refractivity contribution in [1.82, 2.24) is 15.1 Å². The summed E-state index contributed by atoms with van der Waals surface area (Å²) in [4.78, 5) is 12.6. The van der Waals surface area contributed by atoms with Gasteiger partial charge in [0.05, 0.1) is 17.4 Å². The molecule has 0 spiro atoms. The van der Waals surface area contributed by atoms with Gasteiger partial charge in [0.1, 0.15) is 11.6 Å². The molecule has 1 N–H and O–H groups in total. The number of nitrogens with one attached hydrogen (secondary N) is 1. The molecule has 0 aliphatic heterocycles. The summed E-state index contributed by atoms with van der Waals surface area (Å²) in [6.07, 6.45) is 1.66. The number of amides is 1. The number of hydrogen-bond donors (Lipinski definition) is 1. The fourth-order valence-corrected chi connectivity index (χ4v) is 3.66. The second-order valence-corrected chi connectivity index (χ2v) is 8.59. The number of rotatable bonds is 7. The molecule has 35 heavy (non-hydrogen) atoms. The number of carbonyl (C=O) groups excluding carboxylic acids is 1. The quantitative estimate of drug-likeness (QED) is 0.260. The zero-order valence-corrected chi connectivity index (χ0v) is 19.3. The summed E-state index contributed by atoms with van der Waals surface area (Å²) in [5.74, 6) is -3.26. The molecule has 5 nitrogen and oxygen atoms in total. The van der Waals surface area contributed by atoms with Gasteiger partial charge in [-0.1, -0.05) is 6.92 Å². The number of alkyl halides is 1. The highest BCUT2D eigenvalue weighted by molar-refractivity contribution is 5.85. The summed E-state index contributed by atoms with van der Waals surface area (Å²) in [6.45, 7) is 3.84. The highest BCUT2D eigenvalue weighted by atomic mass is 19.2. The van der Waals surface area contributed by atoms with Crippen LogP contribution in [-0.4, -0.2) is 21.4 Å². The van der Waals surface area contributed by atoms with Crippen LogP contribution in [-0.2, 0) is 10.5 Å². The Morgan fingerprint density at radius 1 is 1.00 bits per heavy atom. The monoisotopic (exact) mass is 485 g/mol. The lowest BCUT2D eigenvalue weighted by Gasteiger charge is -2.36. The van der Waals surface area contributed by atoms with Crippen molar-refractivity contribution in [2.75, 3.05) is 0 Å². The molecule has 9 heteroatoms. The predicted octanol–water partition coefficient (Wildman–Crippen LogP) is 5.95. The van der Waals surface area contributed by atoms with E-state index >= 15 is 0 Å². The van der Waals surface area contributed by atoms with Gasteiger partial charge in [-0.25, -0.2) is 22.2 Å². The highest BCUT2D eigenvalue weighted by Gasteiger charge is 2.40. The summed E-state index contributed by atoms with van der Waals surface area (Å²) in [7, 11) is 0. The van der Waals surface area contributed by atoms with E-state index in [2.05, 4.69) is 10.4 Å². The number of halogens is 4. The first-order chi connectivity index (χ1) is 16.5. The van der Waals surface area contributed by atoms with E-state index in [0.717, 1.165) is 26.0 Å². The topological polar surface area (TPSA) is 56.1 Å². The Bertz CT molecular complexity index is 1380. The molecule has 3 aromatic carbocycles. The van der Waals surface area contributed by atoms with E-state index in [0.29, 0.717) is 16.6 Å². The number of aromatic nitrogens is 2. The highest BCUT2D eigenvalue weighted by Crippen LogP contribution is 2.33. The molecular weight excluding hydrogens is 462 g/mol. The van der Waals surface area contributed by atoms with Gasteiger partial charge in [0.15, 0.2) is 17.3 Å². The number of carbonyl (C=O) groups is 1. The second kappa shape index (κ2) is 9.05. The average molecular weight is 485 g/mol. The maximum Gasteiger partial charge on any atom is 0.260 e. The van der Waals surface area contributed by atoms with E-state index in [1.54, 1.807) is 48.1 Å². The SMILES string of the molecule is CC[C@@](NC(=O)C(C)(C)F)(Oc1ccc2c(cnn2-c2ccc(F)cc2)c1)c1ccc(F)c(F)c1. The third-order valence-electron chi connectivity index (χ3n) is 5.64. The van der Waals surface area contributed by atoms with Crippen molar-refractivity contribution in [2.45, 2.75) is 38.6 Å². The summed E-state index contributed by atoms with van der Waals surface area (Å²) in [5, 5.41) is 7.54. The third kappa shape index (κ3) is 4.84. The maximum atomic E-state index is 14.4. The van der Waals surface area contributed by atoms with Gasteiger partial charge in [0.25, 0.3) is 5.91 Å². The van der Waals surface area contributed by atoms with Gasteiger partial charge in [-0.05, 0) is 74.5 Å². The zero-order chi connectivity index (χ0) is 25.4. The fourth-order valence-electron chi connectivity index (χ4n) is 3.66. The van der Waals surface area contributed by atoms with Crippen LogP contribution in [0.15, 0.2) is 66.9 Å². The zero-order valence-electron chi connectivity index (χ0n) is 19.3. The van der Waals surface area contributed by atoms with Crippen molar-refractivity contribution < 1.29 is 27.1 Å². The molecule has 0 unspecified atom stereocenters. The summed E-state index contributed by atoms with van der Waals surface area (Å²) in [5.41, 5.74) is -2.47. The van der Waals surface area contributed by atoms with E-state index in [1.165, 1.54) is 18.2 Å². The smallest absolute Gasteiger partial charge is 0.260 e. The molecule has 0 saturated carbocycles. The lowest BCUT2D eigenvalue weighted by Crippen LogP contribution is -2.54. The normalized spacial score (nSPS) is 13.5. The molecular formula is C26H23F4N3O2. The van der Waals surface area contributed by atoms with Crippen LogP contribution in [0.3, 0.4) is 0 Å². The third-order valence-corrected chi connectivity index (χ3v) is 5.64. The molecule has 1 heterocycles. The van der Waals surface area contributed by atoms with Gasteiger partial charge in [0.2, 0.25) is 5.72 Å². The molecule has 0 saturated heterocycles. The van der Waals surface area contributed by atoms with E-state index < -0.39 is 28.9 Å². The number of hydrogen-bond acceptors (Lipinski definition) is 3. The van der Waals surface area contributed by atoms with Crippen LogP contribution in [0.25, 0.3) is 16.6 Å². The standard InChI is InChI=1S/C26H23F4N3O2/c1-4-26(32-24(34)25(2,3)30,17-5-11-21(28)22(29)14-17)35-20-10-12-23-16(13-20)15-31-33(23)19-8-6-18(27)7-9-19/h5-15H,4H2,1-3H3,(H,32,34)/t26-/m1/s1. The van der Waals surface area contributed by atoms with Gasteiger partial charge in [-0.15, -0.1) is 0 Å². The van der Waals surface area contributed by atoms with Crippen LogP contribution in [0, 0.1) is 17.5 Å². The Kier molecular flexibility index (Phi) is 6.27. The summed E-state index contributed by atoms with van der Waals surface area (Å²) in [6, 6.07) is 13.9. The second-order valence-electron chi connectivity index (χ2n) is 8.59. The fraction of sp³-hybridized carbons (Fsp3) is 0.231. The lowest BCUT2D eigenvalue weighted by molar-refractivity contribution is -0.138. The molecule has 1 atom stereocenters. The Labute approximate surface area is 199 Å². The molecule has 0 fully saturated rings. The van der Waals surface area contributed by atoms with E-state index in [1.807, 2.05) is 0 Å². The Balaban J connectivity index is 1.75. The summed E-state index contributed by atoms with van der Waals surface area (Å²) < 4.78 is 63.2. The van der Waals surface area contributed by atoms with E-state index in [4.69, 9.17) is 4.74 Å². The van der Waals surface area contributed by atoms with Crippen molar-refractivity contribution >= 4 is 16.8 Å². The molecule has 0 aliphatic rings. The van der Waals surface area contributed by atoms with Gasteiger partial charge in [0, 0.05) is 17.4 Å². The minimum Gasteiger partial charge on any atom is -0.464 e. The van der Waals surface area contributed by atoms with E-state index in [-0.39, 0.29) is 23.6 Å². The molecule has 1 amide bonds. The summed E-state index contributed by atoms with van der Waals surface area (Å²) >= 11 is 0. The molecule has 4 rings (SSSR count). The Morgan fingerprint density at radius 2 is 1.71 bits per heavy atom. The van der Waals surface area contributed by atoms with Gasteiger partial charge >= 0.3 is 0 Å².